The van der Waals surface area contributed by atoms with E-state index in [1.165, 1.54) is 13.3 Å². The second-order valence-electron chi connectivity index (χ2n) is 23.1. The van der Waals surface area contributed by atoms with Gasteiger partial charge in [-0.2, -0.15) is 13.2 Å². The van der Waals surface area contributed by atoms with E-state index in [0.717, 1.165) is 60.1 Å². The number of allylic oxidation sites excluding steroid dienone is 1. The lowest BCUT2D eigenvalue weighted by Crippen LogP contribution is -2.57. The Morgan fingerprint density at radius 2 is 1.40 bits per heavy atom. The van der Waals surface area contributed by atoms with Gasteiger partial charge < -0.3 is 64.2 Å². The van der Waals surface area contributed by atoms with Gasteiger partial charge in [-0.05, 0) is 94.4 Å². The number of nitrogens with zero attached hydrogens (tertiary/aromatic N) is 4. The zero-order valence-corrected chi connectivity index (χ0v) is 54.0. The molecule has 3 fully saturated rings. The van der Waals surface area contributed by atoms with Crippen molar-refractivity contribution in [3.8, 4) is 17.0 Å². The summed E-state index contributed by atoms with van der Waals surface area (Å²) in [6.45, 7) is 6.03. The van der Waals surface area contributed by atoms with E-state index >= 15 is 0 Å². The maximum absolute atomic E-state index is 14.3. The van der Waals surface area contributed by atoms with E-state index in [1.54, 1.807) is 43.0 Å². The second-order valence-corrected chi connectivity index (χ2v) is 24.1. The maximum atomic E-state index is 14.3. The average molecular weight is 1310 g/mol. The lowest BCUT2D eigenvalue weighted by Gasteiger charge is -2.35. The van der Waals surface area contributed by atoms with E-state index in [-0.39, 0.29) is 91.9 Å². The topological polar surface area (TPSA) is 259 Å². The molecule has 0 bridgehead atoms. The van der Waals surface area contributed by atoms with Crippen LogP contribution in [0.3, 0.4) is 0 Å². The lowest BCUT2D eigenvalue weighted by atomic mass is 9.81. The van der Waals surface area contributed by atoms with E-state index < -0.39 is 42.0 Å². The molecule has 3 atom stereocenters. The summed E-state index contributed by atoms with van der Waals surface area (Å²) in [4.78, 5) is 92.6. The molecule has 3 aliphatic rings. The highest BCUT2D eigenvalue weighted by Crippen LogP contribution is 2.41. The van der Waals surface area contributed by atoms with Crippen molar-refractivity contribution < 1.29 is 75.1 Å². The van der Waals surface area contributed by atoms with Crippen molar-refractivity contribution >= 4 is 63.0 Å². The van der Waals surface area contributed by atoms with Crippen molar-refractivity contribution in [2.24, 2.45) is 17.8 Å². The van der Waals surface area contributed by atoms with E-state index in [0.29, 0.717) is 120 Å². The summed E-state index contributed by atoms with van der Waals surface area (Å²) < 4.78 is 78.4. The van der Waals surface area contributed by atoms with Crippen molar-refractivity contribution in [1.82, 2.24) is 35.7 Å². The van der Waals surface area contributed by atoms with Crippen LogP contribution >= 0.6 is 11.3 Å². The van der Waals surface area contributed by atoms with Crippen molar-refractivity contribution in [1.29, 1.82) is 0 Å². The highest BCUT2D eigenvalue weighted by Gasteiger charge is 2.43. The van der Waals surface area contributed by atoms with Gasteiger partial charge in [-0.15, -0.1) is 0 Å². The van der Waals surface area contributed by atoms with Gasteiger partial charge in [0, 0.05) is 37.8 Å². The second kappa shape index (κ2) is 38.3. The van der Waals surface area contributed by atoms with Crippen LogP contribution in [0.4, 0.5) is 23.3 Å². The predicted molar refractivity (Wildman–Crippen MR) is 342 cm³/mol. The number of thiazole rings is 1. The van der Waals surface area contributed by atoms with Gasteiger partial charge in [0.2, 0.25) is 23.6 Å². The molecule has 5 N–H and O–H groups in total. The largest absolute Gasteiger partial charge is 0.495 e. The molecule has 2 saturated carbocycles. The molecule has 0 unspecified atom stereocenters. The quantitative estimate of drug-likeness (QED) is 0.0269. The SMILES string of the molecule is CN[C@@H](C)C(=O)N[C@H](C(=O)N1CCC[C@H]1C(=O)Nc1sc(NC(=O)COCCOCCOCCOCCOCCOCCN(C)C(=O)Cc2cccc(CNC(=O)c3cc(/C=C/C4CCC(C(F)(F)F)CC4)c(OC)cn3)c2)nc1-c1ccccc1)C1CCCCC1. The number of likely N-dealkylation sites (N-methyl/N-ethyl adjacent to an activating group) is 2. The van der Waals surface area contributed by atoms with Crippen LogP contribution in [0.2, 0.25) is 0 Å². The van der Waals surface area contributed by atoms with Crippen molar-refractivity contribution in [3.63, 3.8) is 0 Å². The fraction of sp³-hybridized carbons (Fsp3) is 0.576. The minimum absolute atomic E-state index is 0.000236. The number of carbonyl (C=O) groups is 6. The number of amides is 6. The number of ether oxygens (including phenoxy) is 7. The highest BCUT2D eigenvalue weighted by molar-refractivity contribution is 7.20. The molecule has 4 aromatic rings. The van der Waals surface area contributed by atoms with Crippen LogP contribution < -0.4 is 31.3 Å². The summed E-state index contributed by atoms with van der Waals surface area (Å²) in [5.74, 6) is -2.63. The first-order valence-electron chi connectivity index (χ1n) is 31.8. The Morgan fingerprint density at radius 3 is 2.04 bits per heavy atom. The normalized spacial score (nSPS) is 17.7. The van der Waals surface area contributed by atoms with Gasteiger partial charge in [-0.3, -0.25) is 34.1 Å². The smallest absolute Gasteiger partial charge is 0.391 e. The monoisotopic (exact) mass is 1310 g/mol. The molecule has 1 aliphatic heterocycles. The van der Waals surface area contributed by atoms with Gasteiger partial charge in [-0.1, -0.05) is 97.3 Å². The van der Waals surface area contributed by atoms with Crippen LogP contribution in [0.15, 0.2) is 72.9 Å². The molecule has 22 nitrogen and oxygen atoms in total. The molecule has 504 valence electrons. The number of likely N-dealkylation sites (tertiary alicyclic amines) is 1. The molecule has 1 saturated heterocycles. The fourth-order valence-electron chi connectivity index (χ4n) is 11.1. The Kier molecular flexibility index (Phi) is 30.2. The maximum Gasteiger partial charge on any atom is 0.391 e. The summed E-state index contributed by atoms with van der Waals surface area (Å²) in [5.41, 5.74) is 3.55. The first-order valence-corrected chi connectivity index (χ1v) is 32.6. The van der Waals surface area contributed by atoms with Crippen molar-refractivity contribution in [3.05, 3.63) is 95.3 Å². The number of anilines is 2. The molecule has 2 aromatic heterocycles. The summed E-state index contributed by atoms with van der Waals surface area (Å²) in [7, 11) is 4.89. The number of nitrogens with one attached hydrogen (secondary N) is 5. The van der Waals surface area contributed by atoms with Crippen LogP contribution in [0.25, 0.3) is 17.3 Å². The van der Waals surface area contributed by atoms with Gasteiger partial charge in [0.1, 0.15) is 40.8 Å². The van der Waals surface area contributed by atoms with E-state index in [4.69, 9.17) is 33.2 Å². The number of carbonyl (C=O) groups excluding carboxylic acids is 6. The minimum Gasteiger partial charge on any atom is -0.495 e. The van der Waals surface area contributed by atoms with Crippen molar-refractivity contribution in [2.75, 3.05) is 124 Å². The Hall–Kier alpha value is -6.91. The molecular weight excluding hydrogens is 1220 g/mol. The molecule has 0 spiro atoms. The molecule has 3 heterocycles. The third-order valence-electron chi connectivity index (χ3n) is 16.5. The number of benzene rings is 2. The fourth-order valence-corrected chi connectivity index (χ4v) is 12.0. The zero-order valence-electron chi connectivity index (χ0n) is 53.2. The van der Waals surface area contributed by atoms with Crippen LogP contribution in [-0.4, -0.2) is 193 Å². The first kappa shape index (κ1) is 72.5. The molecule has 26 heteroatoms. The average Bonchev–Trinajstić information content (AvgIpc) is 1.65. The molecule has 6 amide bonds. The van der Waals surface area contributed by atoms with Crippen LogP contribution in [-0.2, 0) is 65.4 Å². The molecule has 2 aliphatic carbocycles. The van der Waals surface area contributed by atoms with Crippen molar-refractivity contribution in [2.45, 2.75) is 115 Å². The molecule has 92 heavy (non-hydrogen) atoms. The summed E-state index contributed by atoms with van der Waals surface area (Å²) >= 11 is 1.11. The molecular formula is C66H90F3N9O13S. The molecule has 7 rings (SSSR count). The number of rotatable bonds is 37. The number of pyridine rings is 1. The van der Waals surface area contributed by atoms with Gasteiger partial charge >= 0.3 is 6.18 Å². The Labute approximate surface area is 540 Å². The number of methoxy groups -OCH3 is 1. The van der Waals surface area contributed by atoms with Gasteiger partial charge in [0.15, 0.2) is 5.13 Å². The van der Waals surface area contributed by atoms with Gasteiger partial charge in [-0.25, -0.2) is 9.97 Å². The minimum atomic E-state index is -4.17. The molecule has 2 aromatic carbocycles. The Balaban J connectivity index is 0.687. The number of alkyl halides is 3. The predicted octanol–water partition coefficient (Wildman–Crippen LogP) is 7.87. The standard InChI is InChI=1S/C66H90F3N9O13S/c1-45(70-2)60(81)74-59(50-17-9-6-10-18-50)64(84)78-26-12-19-54(78)62(83)76-63-58(49-15-7-5-8-16-49)75-65(92-63)73-56(79)44-91-38-37-90-36-35-89-34-33-88-32-31-87-30-29-86-28-27-77(3)57(80)40-47-13-11-14-48(39-47)42-72-61(82)53-41-51(55(85-4)43-71-53)23-20-46-21-24-52(25-22-46)66(67,68)69/h5,7-8,11,13-16,20,23,39,41,43,45-46,50,52,54,59,70H,6,9-10,12,17-19,21-22,24-38,40,42,44H2,1-4H3,(H,72,82)(H,74,81)(H,76,83)(H,73,75,79)/b23-20+/t45-,46?,52?,54-,59-/m0/s1. The number of halogens is 3. The van der Waals surface area contributed by atoms with Crippen LogP contribution in [0.5, 0.6) is 5.75 Å². The first-order chi connectivity index (χ1) is 44.5. The van der Waals surface area contributed by atoms with Crippen LogP contribution in [0, 0.1) is 17.8 Å². The Bertz CT molecular complexity index is 3000. The van der Waals surface area contributed by atoms with Gasteiger partial charge in [0.25, 0.3) is 11.8 Å². The van der Waals surface area contributed by atoms with E-state index in [9.17, 15) is 41.9 Å². The highest BCUT2D eigenvalue weighted by atomic mass is 32.1. The summed E-state index contributed by atoms with van der Waals surface area (Å²) in [5, 5.41) is 15.3. The number of hydrogen-bond acceptors (Lipinski definition) is 17. The Morgan fingerprint density at radius 1 is 0.761 bits per heavy atom. The number of hydrogen-bond donors (Lipinski definition) is 5. The lowest BCUT2D eigenvalue weighted by molar-refractivity contribution is -0.183. The summed E-state index contributed by atoms with van der Waals surface area (Å²) in [6, 6.07) is 16.3. The molecule has 0 radical (unpaired) electrons. The van der Waals surface area contributed by atoms with E-state index in [1.807, 2.05) is 60.7 Å². The van der Waals surface area contributed by atoms with Crippen LogP contribution in [0.1, 0.15) is 105 Å². The van der Waals surface area contributed by atoms with E-state index in [2.05, 4.69) is 36.6 Å². The summed E-state index contributed by atoms with van der Waals surface area (Å²) in [6.07, 6.45) is 8.00. The van der Waals surface area contributed by atoms with Gasteiger partial charge in [0.05, 0.1) is 104 Å². The third-order valence-corrected chi connectivity index (χ3v) is 17.4. The zero-order chi connectivity index (χ0) is 65.7. The number of aromatic nitrogens is 2. The third kappa shape index (κ3) is 23.6.